The number of benzene rings is 1. The van der Waals surface area contributed by atoms with E-state index >= 15 is 0 Å². The normalized spacial score (nSPS) is 13.5. The minimum atomic E-state index is -0.645. The Morgan fingerprint density at radius 2 is 2.00 bits per heavy atom. The Labute approximate surface area is 103 Å². The summed E-state index contributed by atoms with van der Waals surface area (Å²) in [5.41, 5.74) is 1.29. The summed E-state index contributed by atoms with van der Waals surface area (Å²) in [4.78, 5) is 0. The van der Waals surface area contributed by atoms with Gasteiger partial charge in [-0.2, -0.15) is 0 Å². The second kappa shape index (κ2) is 5.52. The predicted molar refractivity (Wildman–Crippen MR) is 68.4 cm³/mol. The maximum absolute atomic E-state index is 10.4. The number of methoxy groups -OCH3 is 1. The topological polar surface area (TPSA) is 38.7 Å². The SMILES string of the molecule is CCOC(C)(C)C(O)c1ccc(OC)cc1C. The van der Waals surface area contributed by atoms with Crippen LogP contribution in [0.2, 0.25) is 0 Å². The minimum absolute atomic E-state index is 0.583. The largest absolute Gasteiger partial charge is 0.497 e. The summed E-state index contributed by atoms with van der Waals surface area (Å²) in [6, 6.07) is 5.66. The highest BCUT2D eigenvalue weighted by atomic mass is 16.5. The van der Waals surface area contributed by atoms with Crippen LogP contribution in [0.5, 0.6) is 5.75 Å². The zero-order chi connectivity index (χ0) is 13.1. The van der Waals surface area contributed by atoms with E-state index in [1.54, 1.807) is 7.11 Å². The predicted octanol–water partition coefficient (Wildman–Crippen LogP) is 2.85. The number of aliphatic hydroxyl groups is 1. The van der Waals surface area contributed by atoms with E-state index in [2.05, 4.69) is 0 Å². The zero-order valence-electron chi connectivity index (χ0n) is 11.3. The molecule has 1 rings (SSSR count). The summed E-state index contributed by atoms with van der Waals surface area (Å²) in [5, 5.41) is 10.4. The molecule has 1 aromatic carbocycles. The second-order valence-corrected chi connectivity index (χ2v) is 4.66. The van der Waals surface area contributed by atoms with E-state index in [0.717, 1.165) is 16.9 Å². The van der Waals surface area contributed by atoms with E-state index in [4.69, 9.17) is 9.47 Å². The van der Waals surface area contributed by atoms with Crippen LogP contribution in [0.4, 0.5) is 0 Å². The van der Waals surface area contributed by atoms with Gasteiger partial charge in [-0.15, -0.1) is 0 Å². The van der Waals surface area contributed by atoms with Crippen LogP contribution >= 0.6 is 0 Å². The van der Waals surface area contributed by atoms with Crippen LogP contribution in [-0.4, -0.2) is 24.4 Å². The molecule has 0 saturated carbocycles. The molecule has 17 heavy (non-hydrogen) atoms. The van der Waals surface area contributed by atoms with Gasteiger partial charge in [0.1, 0.15) is 11.9 Å². The lowest BCUT2D eigenvalue weighted by molar-refractivity contribution is -0.0985. The molecule has 0 radical (unpaired) electrons. The summed E-state index contributed by atoms with van der Waals surface area (Å²) in [6.07, 6.45) is -0.645. The van der Waals surface area contributed by atoms with E-state index in [1.807, 2.05) is 45.9 Å². The fourth-order valence-electron chi connectivity index (χ4n) is 1.91. The van der Waals surface area contributed by atoms with Gasteiger partial charge in [0.25, 0.3) is 0 Å². The van der Waals surface area contributed by atoms with E-state index in [0.29, 0.717) is 6.61 Å². The molecule has 1 atom stereocenters. The maximum Gasteiger partial charge on any atom is 0.119 e. The Hall–Kier alpha value is -1.06. The lowest BCUT2D eigenvalue weighted by Crippen LogP contribution is -2.33. The van der Waals surface area contributed by atoms with Gasteiger partial charge < -0.3 is 14.6 Å². The quantitative estimate of drug-likeness (QED) is 0.857. The lowest BCUT2D eigenvalue weighted by Gasteiger charge is -2.31. The highest BCUT2D eigenvalue weighted by Gasteiger charge is 2.30. The van der Waals surface area contributed by atoms with Crippen molar-refractivity contribution in [3.8, 4) is 5.75 Å². The molecule has 0 aliphatic carbocycles. The summed E-state index contributed by atoms with van der Waals surface area (Å²) in [5.74, 6) is 0.799. The molecule has 96 valence electrons. The number of rotatable bonds is 5. The molecule has 3 nitrogen and oxygen atoms in total. The first-order chi connectivity index (χ1) is 7.92. The Bertz CT molecular complexity index is 372. The van der Waals surface area contributed by atoms with Crippen LogP contribution in [0.25, 0.3) is 0 Å². The van der Waals surface area contributed by atoms with E-state index in [9.17, 15) is 5.11 Å². The van der Waals surface area contributed by atoms with Crippen LogP contribution in [0.15, 0.2) is 18.2 Å². The van der Waals surface area contributed by atoms with Crippen molar-refractivity contribution in [2.45, 2.75) is 39.4 Å². The second-order valence-electron chi connectivity index (χ2n) is 4.66. The summed E-state index contributed by atoms with van der Waals surface area (Å²) in [7, 11) is 1.63. The number of ether oxygens (including phenoxy) is 2. The van der Waals surface area contributed by atoms with Crippen molar-refractivity contribution in [3.63, 3.8) is 0 Å². The first kappa shape index (κ1) is 14.0. The zero-order valence-corrected chi connectivity index (χ0v) is 11.3. The van der Waals surface area contributed by atoms with Gasteiger partial charge in [0.05, 0.1) is 12.7 Å². The van der Waals surface area contributed by atoms with Crippen molar-refractivity contribution in [1.82, 2.24) is 0 Å². The molecule has 0 aromatic heterocycles. The van der Waals surface area contributed by atoms with Crippen molar-refractivity contribution in [3.05, 3.63) is 29.3 Å². The van der Waals surface area contributed by atoms with Crippen molar-refractivity contribution in [2.24, 2.45) is 0 Å². The number of aryl methyl sites for hydroxylation is 1. The summed E-state index contributed by atoms with van der Waals surface area (Å²) < 4.78 is 10.7. The smallest absolute Gasteiger partial charge is 0.119 e. The van der Waals surface area contributed by atoms with Crippen molar-refractivity contribution in [2.75, 3.05) is 13.7 Å². The number of hydrogen-bond acceptors (Lipinski definition) is 3. The Morgan fingerprint density at radius 1 is 1.35 bits per heavy atom. The molecule has 1 N–H and O–H groups in total. The molecular weight excluding hydrogens is 216 g/mol. The van der Waals surface area contributed by atoms with Crippen LogP contribution in [-0.2, 0) is 4.74 Å². The summed E-state index contributed by atoms with van der Waals surface area (Å²) >= 11 is 0. The van der Waals surface area contributed by atoms with Crippen LogP contribution in [0.1, 0.15) is 38.0 Å². The van der Waals surface area contributed by atoms with Gasteiger partial charge in [0.15, 0.2) is 0 Å². The van der Waals surface area contributed by atoms with Crippen LogP contribution in [0, 0.1) is 6.92 Å². The molecule has 0 bridgehead atoms. The summed E-state index contributed by atoms with van der Waals surface area (Å²) in [6.45, 7) is 8.26. The van der Waals surface area contributed by atoms with Crippen LogP contribution in [0.3, 0.4) is 0 Å². The molecule has 0 saturated heterocycles. The van der Waals surface area contributed by atoms with Gasteiger partial charge in [0, 0.05) is 6.61 Å². The highest BCUT2D eigenvalue weighted by molar-refractivity contribution is 5.36. The third-order valence-corrected chi connectivity index (χ3v) is 2.95. The number of hydrogen-bond donors (Lipinski definition) is 1. The molecule has 0 fully saturated rings. The van der Waals surface area contributed by atoms with Crippen molar-refractivity contribution < 1.29 is 14.6 Å². The first-order valence-corrected chi connectivity index (χ1v) is 5.89. The van der Waals surface area contributed by atoms with Gasteiger partial charge in [0.2, 0.25) is 0 Å². The third kappa shape index (κ3) is 3.20. The standard InChI is InChI=1S/C14H22O3/c1-6-17-14(3,4)13(15)12-8-7-11(16-5)9-10(12)2/h7-9,13,15H,6H2,1-5H3. The third-order valence-electron chi connectivity index (χ3n) is 2.95. The molecular formula is C14H22O3. The minimum Gasteiger partial charge on any atom is -0.497 e. The molecule has 1 unspecified atom stereocenters. The highest BCUT2D eigenvalue weighted by Crippen LogP contribution is 2.32. The van der Waals surface area contributed by atoms with Gasteiger partial charge in [-0.1, -0.05) is 6.07 Å². The van der Waals surface area contributed by atoms with Gasteiger partial charge in [-0.05, 0) is 51.0 Å². The van der Waals surface area contributed by atoms with Gasteiger partial charge >= 0.3 is 0 Å². The van der Waals surface area contributed by atoms with Crippen molar-refractivity contribution in [1.29, 1.82) is 0 Å². The molecule has 3 heteroatoms. The van der Waals surface area contributed by atoms with E-state index in [1.165, 1.54) is 0 Å². The molecule has 0 amide bonds. The van der Waals surface area contributed by atoms with Crippen LogP contribution < -0.4 is 4.74 Å². The first-order valence-electron chi connectivity index (χ1n) is 5.89. The molecule has 0 aliphatic rings. The monoisotopic (exact) mass is 238 g/mol. The molecule has 0 aliphatic heterocycles. The Kier molecular flexibility index (Phi) is 4.54. The van der Waals surface area contributed by atoms with Gasteiger partial charge in [-0.3, -0.25) is 0 Å². The fourth-order valence-corrected chi connectivity index (χ4v) is 1.91. The molecule has 1 aromatic rings. The molecule has 0 heterocycles. The number of aliphatic hydroxyl groups excluding tert-OH is 1. The Balaban J connectivity index is 3.00. The molecule has 0 spiro atoms. The fraction of sp³-hybridized carbons (Fsp3) is 0.571. The van der Waals surface area contributed by atoms with E-state index < -0.39 is 11.7 Å². The van der Waals surface area contributed by atoms with E-state index in [-0.39, 0.29) is 0 Å². The van der Waals surface area contributed by atoms with Crippen molar-refractivity contribution >= 4 is 0 Å². The average Bonchev–Trinajstić information content (AvgIpc) is 2.28. The Morgan fingerprint density at radius 3 is 2.47 bits per heavy atom. The maximum atomic E-state index is 10.4. The van der Waals surface area contributed by atoms with Gasteiger partial charge in [-0.25, -0.2) is 0 Å². The lowest BCUT2D eigenvalue weighted by atomic mass is 9.91. The average molecular weight is 238 g/mol.